The molecule has 1 fully saturated rings. The monoisotopic (exact) mass is 446 g/mol. The zero-order valence-electron chi connectivity index (χ0n) is 16.5. The lowest BCUT2D eigenvalue weighted by atomic mass is 10.2. The van der Waals surface area contributed by atoms with E-state index in [-0.39, 0.29) is 40.7 Å². The Balaban J connectivity index is 1.60. The molecule has 3 aromatic heterocycles. The lowest BCUT2D eigenvalue weighted by Crippen LogP contribution is -2.36. The first-order chi connectivity index (χ1) is 15.1. The van der Waals surface area contributed by atoms with Gasteiger partial charge in [-0.1, -0.05) is 0 Å². The molecule has 1 aliphatic rings. The number of carbonyl (C=O) groups is 1. The number of pyridine rings is 1. The normalized spacial score (nSPS) is 17.3. The van der Waals surface area contributed by atoms with Crippen molar-refractivity contribution in [3.63, 3.8) is 0 Å². The summed E-state index contributed by atoms with van der Waals surface area (Å²) in [4.78, 5) is 56.0. The standard InChI is InChI=1S/C19H16F2N6O5/c1-9(28)12-3-2-10(5-22-12)32-15-7-27(8-19(15,20)21)14-4-13(25-26-17(14)30)11-6-23-18(31)24-16(11)29/h2-6,15H,7-8H2,1H3,(H,26,30)(H2,23,24,29,31). The van der Waals surface area contributed by atoms with E-state index in [0.717, 1.165) is 11.1 Å². The molecule has 4 heterocycles. The number of nitrogens with one attached hydrogen (secondary N) is 3. The Morgan fingerprint density at radius 1 is 1.25 bits per heavy atom. The molecular weight excluding hydrogens is 430 g/mol. The molecule has 1 atom stereocenters. The summed E-state index contributed by atoms with van der Waals surface area (Å²) in [5.74, 6) is -3.54. The van der Waals surface area contributed by atoms with Gasteiger partial charge in [-0.15, -0.1) is 0 Å². The molecule has 3 aromatic rings. The molecular formula is C19H16F2N6O5. The second kappa shape index (κ2) is 7.83. The van der Waals surface area contributed by atoms with Gasteiger partial charge in [-0.25, -0.2) is 23.7 Å². The van der Waals surface area contributed by atoms with Crippen molar-refractivity contribution in [3.8, 4) is 17.0 Å². The van der Waals surface area contributed by atoms with Crippen molar-refractivity contribution in [2.24, 2.45) is 0 Å². The number of aromatic amines is 3. The first-order valence-electron chi connectivity index (χ1n) is 9.32. The third-order valence-electron chi connectivity index (χ3n) is 4.85. The molecule has 32 heavy (non-hydrogen) atoms. The van der Waals surface area contributed by atoms with Crippen LogP contribution in [0.15, 0.2) is 45.0 Å². The molecule has 0 saturated carbocycles. The molecule has 1 aliphatic heterocycles. The van der Waals surface area contributed by atoms with Crippen molar-refractivity contribution in [1.82, 2.24) is 25.1 Å². The van der Waals surface area contributed by atoms with Crippen LogP contribution in [0.3, 0.4) is 0 Å². The second-order valence-electron chi connectivity index (χ2n) is 7.14. The predicted octanol–water partition coefficient (Wildman–Crippen LogP) is 0.314. The van der Waals surface area contributed by atoms with Crippen LogP contribution < -0.4 is 26.4 Å². The predicted molar refractivity (Wildman–Crippen MR) is 107 cm³/mol. The maximum Gasteiger partial charge on any atom is 0.325 e. The SMILES string of the molecule is CC(=O)c1ccc(OC2CN(c3cc(-c4c[nH]c(=O)[nH]c4=O)n[nH]c3=O)CC2(F)F)cn1. The van der Waals surface area contributed by atoms with Crippen LogP contribution in [0.4, 0.5) is 14.5 Å². The van der Waals surface area contributed by atoms with E-state index in [0.29, 0.717) is 0 Å². The summed E-state index contributed by atoms with van der Waals surface area (Å²) in [5.41, 5.74) is -2.27. The summed E-state index contributed by atoms with van der Waals surface area (Å²) < 4.78 is 34.7. The number of H-pyrrole nitrogens is 3. The molecule has 3 N–H and O–H groups in total. The van der Waals surface area contributed by atoms with E-state index in [9.17, 15) is 28.0 Å². The van der Waals surface area contributed by atoms with Gasteiger partial charge in [0.1, 0.15) is 17.1 Å². The minimum atomic E-state index is -3.31. The Kier molecular flexibility index (Phi) is 5.16. The molecule has 0 spiro atoms. The number of nitrogens with zero attached hydrogens (tertiary/aromatic N) is 3. The highest BCUT2D eigenvalue weighted by Gasteiger charge is 2.50. The molecule has 1 saturated heterocycles. The topological polar surface area (TPSA) is 154 Å². The van der Waals surface area contributed by atoms with Crippen molar-refractivity contribution >= 4 is 11.5 Å². The summed E-state index contributed by atoms with van der Waals surface area (Å²) in [6.45, 7) is 0.175. The largest absolute Gasteiger partial charge is 0.481 e. The fourth-order valence-electron chi connectivity index (χ4n) is 3.25. The van der Waals surface area contributed by atoms with Crippen LogP contribution >= 0.6 is 0 Å². The zero-order valence-corrected chi connectivity index (χ0v) is 16.5. The third-order valence-corrected chi connectivity index (χ3v) is 4.85. The van der Waals surface area contributed by atoms with Crippen LogP contribution in [0.2, 0.25) is 0 Å². The molecule has 4 rings (SSSR count). The number of alkyl halides is 2. The highest BCUT2D eigenvalue weighted by atomic mass is 19.3. The van der Waals surface area contributed by atoms with E-state index >= 15 is 0 Å². The third kappa shape index (κ3) is 4.04. The smallest absolute Gasteiger partial charge is 0.325 e. The summed E-state index contributed by atoms with van der Waals surface area (Å²) in [5, 5.41) is 5.93. The minimum absolute atomic E-state index is 0.0196. The maximum absolute atomic E-state index is 14.6. The number of aromatic nitrogens is 5. The number of halogens is 2. The van der Waals surface area contributed by atoms with Crippen LogP contribution in [0.5, 0.6) is 5.75 Å². The lowest BCUT2D eigenvalue weighted by Gasteiger charge is -2.18. The van der Waals surface area contributed by atoms with Crippen LogP contribution in [0.25, 0.3) is 11.3 Å². The fraction of sp³-hybridized carbons (Fsp3) is 0.263. The molecule has 13 heteroatoms. The number of carbonyl (C=O) groups excluding carboxylic acids is 1. The van der Waals surface area contributed by atoms with Gasteiger partial charge in [-0.3, -0.25) is 19.4 Å². The van der Waals surface area contributed by atoms with Crippen LogP contribution in [-0.2, 0) is 0 Å². The number of Topliss-reactive ketones (excluding diaryl/α,β-unsaturated/α-hetero) is 1. The number of rotatable bonds is 5. The summed E-state index contributed by atoms with van der Waals surface area (Å²) in [6.07, 6.45) is 0.684. The average molecular weight is 446 g/mol. The lowest BCUT2D eigenvalue weighted by molar-refractivity contribution is -0.0595. The summed E-state index contributed by atoms with van der Waals surface area (Å²) in [6, 6.07) is 3.91. The average Bonchev–Trinajstić information content (AvgIpc) is 3.03. The molecule has 0 aromatic carbocycles. The van der Waals surface area contributed by atoms with E-state index in [1.54, 1.807) is 0 Å². The van der Waals surface area contributed by atoms with E-state index in [1.807, 2.05) is 4.98 Å². The first kappa shape index (κ1) is 21.1. The minimum Gasteiger partial charge on any atom is -0.481 e. The van der Waals surface area contributed by atoms with Crippen molar-refractivity contribution < 1.29 is 18.3 Å². The first-order valence-corrected chi connectivity index (χ1v) is 9.32. The molecule has 166 valence electrons. The van der Waals surface area contributed by atoms with Crippen molar-refractivity contribution in [2.75, 3.05) is 18.0 Å². The number of hydrogen-bond donors (Lipinski definition) is 3. The fourth-order valence-corrected chi connectivity index (χ4v) is 3.25. The second-order valence-corrected chi connectivity index (χ2v) is 7.14. The van der Waals surface area contributed by atoms with Gasteiger partial charge in [0.05, 0.1) is 30.5 Å². The molecule has 1 unspecified atom stereocenters. The van der Waals surface area contributed by atoms with E-state index in [2.05, 4.69) is 20.2 Å². The molecule has 11 nitrogen and oxygen atoms in total. The summed E-state index contributed by atoms with van der Waals surface area (Å²) >= 11 is 0. The van der Waals surface area contributed by atoms with Crippen molar-refractivity contribution in [1.29, 1.82) is 0 Å². The number of hydrogen-bond acceptors (Lipinski definition) is 8. The van der Waals surface area contributed by atoms with Gasteiger partial charge in [0, 0.05) is 13.1 Å². The van der Waals surface area contributed by atoms with E-state index < -0.39 is 35.4 Å². The van der Waals surface area contributed by atoms with Gasteiger partial charge in [0.2, 0.25) is 0 Å². The Morgan fingerprint density at radius 2 is 2.03 bits per heavy atom. The van der Waals surface area contributed by atoms with Crippen molar-refractivity contribution in [2.45, 2.75) is 19.0 Å². The molecule has 0 radical (unpaired) electrons. The maximum atomic E-state index is 14.6. The Labute approximate surface area is 177 Å². The number of ketones is 1. The van der Waals surface area contributed by atoms with Gasteiger partial charge in [-0.05, 0) is 18.2 Å². The van der Waals surface area contributed by atoms with E-state index in [1.165, 1.54) is 31.3 Å². The molecule has 0 amide bonds. The van der Waals surface area contributed by atoms with Crippen molar-refractivity contribution in [3.05, 3.63) is 67.5 Å². The van der Waals surface area contributed by atoms with Crippen LogP contribution in [-0.4, -0.2) is 56.0 Å². The molecule has 0 aliphatic carbocycles. The Hall–Kier alpha value is -4.16. The Morgan fingerprint density at radius 3 is 2.69 bits per heavy atom. The zero-order chi connectivity index (χ0) is 23.0. The van der Waals surface area contributed by atoms with Gasteiger partial charge < -0.3 is 14.6 Å². The number of ether oxygens (including phenoxy) is 1. The summed E-state index contributed by atoms with van der Waals surface area (Å²) in [7, 11) is 0. The highest BCUT2D eigenvalue weighted by molar-refractivity contribution is 5.92. The van der Waals surface area contributed by atoms with Crippen LogP contribution in [0.1, 0.15) is 17.4 Å². The highest BCUT2D eigenvalue weighted by Crippen LogP contribution is 2.33. The van der Waals surface area contributed by atoms with Gasteiger partial charge in [-0.2, -0.15) is 5.10 Å². The van der Waals surface area contributed by atoms with Gasteiger partial charge in [0.25, 0.3) is 11.1 Å². The van der Waals surface area contributed by atoms with E-state index in [4.69, 9.17) is 4.74 Å². The molecule has 0 bridgehead atoms. The quantitative estimate of drug-likeness (QED) is 0.474. The van der Waals surface area contributed by atoms with Crippen LogP contribution in [0, 0.1) is 0 Å². The van der Waals surface area contributed by atoms with Gasteiger partial charge >= 0.3 is 11.6 Å². The Bertz CT molecular complexity index is 1350. The van der Waals surface area contributed by atoms with Gasteiger partial charge in [0.15, 0.2) is 11.9 Å². The number of anilines is 1.